The summed E-state index contributed by atoms with van der Waals surface area (Å²) in [7, 11) is 0. The number of ether oxygens (including phenoxy) is 1. The van der Waals surface area contributed by atoms with Crippen molar-refractivity contribution in [2.24, 2.45) is 5.92 Å². The highest BCUT2D eigenvalue weighted by molar-refractivity contribution is 6.31. The molecule has 1 aliphatic carbocycles. The van der Waals surface area contributed by atoms with Crippen molar-refractivity contribution in [3.63, 3.8) is 0 Å². The number of hydrogen-bond acceptors (Lipinski definition) is 6. The normalized spacial score (nSPS) is 21.7. The van der Waals surface area contributed by atoms with E-state index in [1.165, 1.54) is 0 Å². The second kappa shape index (κ2) is 12.7. The van der Waals surface area contributed by atoms with Gasteiger partial charge in [0.1, 0.15) is 6.61 Å². The number of halogens is 1. The van der Waals surface area contributed by atoms with Crippen LogP contribution in [0.15, 0.2) is 79.0 Å². The standard InChI is InChI=1S/C32H32ClN3O5/c1-3-40-32(39)25-13-6-7-14-27(25)36-29(24-16-15-20(2)18-26(24)33)28(22-11-4-5-12-23(22)31(36)38)30(37)35-41-19-21-10-8-9-17-34-21/h4-12,15-18,25,27-29H,3,13-14,19H2,1-2H3,(H,35,37). The van der Waals surface area contributed by atoms with Gasteiger partial charge in [-0.3, -0.25) is 24.2 Å². The topological polar surface area (TPSA) is 97.8 Å². The first-order valence-electron chi connectivity index (χ1n) is 13.7. The SMILES string of the molecule is CCOC(=O)C1CC=CCC1N1C(=O)c2ccccc2C(C(=O)NOCc2ccccn2)C1c1ccc(C)cc1Cl. The lowest BCUT2D eigenvalue weighted by atomic mass is 9.76. The van der Waals surface area contributed by atoms with Gasteiger partial charge in [-0.1, -0.05) is 60.2 Å². The maximum Gasteiger partial charge on any atom is 0.311 e. The minimum atomic E-state index is -0.874. The van der Waals surface area contributed by atoms with Gasteiger partial charge in [0.2, 0.25) is 0 Å². The number of carbonyl (C=O) groups excluding carboxylic acids is 3. The van der Waals surface area contributed by atoms with E-state index < -0.39 is 29.8 Å². The van der Waals surface area contributed by atoms with Gasteiger partial charge in [0.15, 0.2) is 0 Å². The summed E-state index contributed by atoms with van der Waals surface area (Å²) < 4.78 is 5.41. The van der Waals surface area contributed by atoms with Crippen molar-refractivity contribution in [3.8, 4) is 0 Å². The number of aryl methyl sites for hydroxylation is 1. The van der Waals surface area contributed by atoms with E-state index in [2.05, 4.69) is 10.5 Å². The largest absolute Gasteiger partial charge is 0.466 e. The van der Waals surface area contributed by atoms with Crippen LogP contribution in [0.25, 0.3) is 0 Å². The zero-order chi connectivity index (χ0) is 28.9. The zero-order valence-electron chi connectivity index (χ0n) is 23.0. The minimum Gasteiger partial charge on any atom is -0.466 e. The molecule has 0 saturated heterocycles. The molecule has 4 atom stereocenters. The Bertz CT molecular complexity index is 1460. The Balaban J connectivity index is 1.60. The lowest BCUT2D eigenvalue weighted by molar-refractivity contribution is -0.150. The summed E-state index contributed by atoms with van der Waals surface area (Å²) in [5, 5.41) is 0.429. The fourth-order valence-electron chi connectivity index (χ4n) is 5.74. The molecule has 5 rings (SSSR count). The Morgan fingerprint density at radius 1 is 1.05 bits per heavy atom. The van der Waals surface area contributed by atoms with Crippen molar-refractivity contribution in [1.82, 2.24) is 15.4 Å². The maximum absolute atomic E-state index is 14.3. The van der Waals surface area contributed by atoms with Crippen molar-refractivity contribution in [2.45, 2.75) is 51.3 Å². The Hall–Kier alpha value is -4.01. The molecule has 2 aliphatic rings. The van der Waals surface area contributed by atoms with Crippen LogP contribution in [0.4, 0.5) is 0 Å². The van der Waals surface area contributed by atoms with E-state index in [1.807, 2.05) is 43.3 Å². The van der Waals surface area contributed by atoms with Crippen LogP contribution in [0.2, 0.25) is 5.02 Å². The molecule has 0 bridgehead atoms. The number of fused-ring (bicyclic) bond motifs is 1. The van der Waals surface area contributed by atoms with Crippen molar-refractivity contribution >= 4 is 29.4 Å². The maximum atomic E-state index is 14.3. The monoisotopic (exact) mass is 573 g/mol. The average molecular weight is 574 g/mol. The Labute approximate surface area is 244 Å². The molecular weight excluding hydrogens is 542 g/mol. The molecule has 3 aromatic rings. The van der Waals surface area contributed by atoms with Crippen LogP contribution in [0.1, 0.15) is 64.5 Å². The fourth-order valence-corrected chi connectivity index (χ4v) is 6.09. The molecule has 0 spiro atoms. The predicted molar refractivity (Wildman–Crippen MR) is 154 cm³/mol. The van der Waals surface area contributed by atoms with E-state index >= 15 is 0 Å². The fraction of sp³-hybridized carbons (Fsp3) is 0.312. The van der Waals surface area contributed by atoms with Crippen LogP contribution >= 0.6 is 11.6 Å². The number of pyridine rings is 1. The molecule has 0 fully saturated rings. The van der Waals surface area contributed by atoms with E-state index in [0.29, 0.717) is 40.2 Å². The summed E-state index contributed by atoms with van der Waals surface area (Å²) in [6, 6.07) is 16.7. The van der Waals surface area contributed by atoms with Gasteiger partial charge in [-0.25, -0.2) is 5.48 Å². The lowest BCUT2D eigenvalue weighted by Crippen LogP contribution is -2.55. The molecule has 1 aliphatic heterocycles. The molecular formula is C32H32ClN3O5. The van der Waals surface area contributed by atoms with E-state index in [4.69, 9.17) is 21.2 Å². The number of hydrogen-bond donors (Lipinski definition) is 1. The summed E-state index contributed by atoms with van der Waals surface area (Å²) in [4.78, 5) is 53.0. The highest BCUT2D eigenvalue weighted by Gasteiger charge is 2.50. The summed E-state index contributed by atoms with van der Waals surface area (Å²) in [5.41, 5.74) is 5.77. The Morgan fingerprint density at radius 3 is 2.59 bits per heavy atom. The molecule has 2 heterocycles. The molecule has 0 radical (unpaired) electrons. The van der Waals surface area contributed by atoms with Gasteiger partial charge in [-0.2, -0.15) is 0 Å². The van der Waals surface area contributed by atoms with Crippen molar-refractivity contribution in [1.29, 1.82) is 0 Å². The lowest BCUT2D eigenvalue weighted by Gasteiger charge is -2.47. The molecule has 8 nitrogen and oxygen atoms in total. The van der Waals surface area contributed by atoms with Gasteiger partial charge in [-0.05, 0) is 67.6 Å². The van der Waals surface area contributed by atoms with Gasteiger partial charge < -0.3 is 9.64 Å². The first-order chi connectivity index (χ1) is 19.9. The van der Waals surface area contributed by atoms with E-state index in [9.17, 15) is 14.4 Å². The summed E-state index contributed by atoms with van der Waals surface area (Å²) in [6.07, 6.45) is 6.40. The van der Waals surface area contributed by atoms with E-state index in [-0.39, 0.29) is 25.1 Å². The first-order valence-corrected chi connectivity index (χ1v) is 14.1. The van der Waals surface area contributed by atoms with E-state index in [1.54, 1.807) is 54.4 Å². The van der Waals surface area contributed by atoms with Gasteiger partial charge in [0.05, 0.1) is 30.2 Å². The minimum absolute atomic E-state index is 0.0674. The number of carbonyl (C=O) groups is 3. The van der Waals surface area contributed by atoms with Crippen LogP contribution < -0.4 is 5.48 Å². The number of nitrogens with zero attached hydrogens (tertiary/aromatic N) is 2. The predicted octanol–water partition coefficient (Wildman–Crippen LogP) is 5.47. The number of amides is 2. The Morgan fingerprint density at radius 2 is 1.83 bits per heavy atom. The van der Waals surface area contributed by atoms with Crippen molar-refractivity contribution in [2.75, 3.05) is 6.61 Å². The first kappa shape index (κ1) is 28.5. The highest BCUT2D eigenvalue weighted by Crippen LogP contribution is 2.48. The Kier molecular flexibility index (Phi) is 8.81. The molecule has 1 aromatic heterocycles. The van der Waals surface area contributed by atoms with Crippen molar-refractivity contribution in [3.05, 3.63) is 112 Å². The number of benzene rings is 2. The summed E-state index contributed by atoms with van der Waals surface area (Å²) in [6.45, 7) is 3.98. The molecule has 4 unspecified atom stereocenters. The van der Waals surface area contributed by atoms with E-state index in [0.717, 1.165) is 5.56 Å². The molecule has 41 heavy (non-hydrogen) atoms. The highest BCUT2D eigenvalue weighted by atomic mass is 35.5. The summed E-state index contributed by atoms with van der Waals surface area (Å²) in [5.74, 6) is -2.55. The molecule has 2 amide bonds. The molecule has 212 valence electrons. The van der Waals surface area contributed by atoms with Gasteiger partial charge in [-0.15, -0.1) is 0 Å². The van der Waals surface area contributed by atoms with Crippen molar-refractivity contribution < 1.29 is 24.0 Å². The quantitative estimate of drug-likeness (QED) is 0.218. The number of esters is 1. The van der Waals surface area contributed by atoms with Crippen LogP contribution in [-0.2, 0) is 25.8 Å². The second-order valence-corrected chi connectivity index (χ2v) is 10.6. The number of allylic oxidation sites excluding steroid dienone is 1. The number of hydroxylamine groups is 1. The second-order valence-electron chi connectivity index (χ2n) is 10.2. The van der Waals surface area contributed by atoms with Crippen LogP contribution in [-0.4, -0.2) is 40.3 Å². The van der Waals surface area contributed by atoms with Crippen LogP contribution in [0.3, 0.4) is 0 Å². The third-order valence-corrected chi connectivity index (χ3v) is 7.92. The number of aromatic nitrogens is 1. The molecule has 2 aromatic carbocycles. The van der Waals surface area contributed by atoms with Crippen LogP contribution in [0.5, 0.6) is 0 Å². The smallest absolute Gasteiger partial charge is 0.311 e. The average Bonchev–Trinajstić information content (AvgIpc) is 2.98. The number of nitrogens with one attached hydrogen (secondary N) is 1. The molecule has 9 heteroatoms. The number of rotatable bonds is 8. The van der Waals surface area contributed by atoms with Crippen LogP contribution in [0, 0.1) is 12.8 Å². The summed E-state index contributed by atoms with van der Waals surface area (Å²) >= 11 is 6.83. The third kappa shape index (κ3) is 5.89. The third-order valence-electron chi connectivity index (χ3n) is 7.60. The zero-order valence-corrected chi connectivity index (χ0v) is 23.7. The molecule has 0 saturated carbocycles. The van der Waals surface area contributed by atoms with Gasteiger partial charge >= 0.3 is 5.97 Å². The molecule has 1 N–H and O–H groups in total. The van der Waals surface area contributed by atoms with Gasteiger partial charge in [0, 0.05) is 22.8 Å². The van der Waals surface area contributed by atoms with Gasteiger partial charge in [0.25, 0.3) is 11.8 Å².